The Kier molecular flexibility index (Phi) is 13.3. The molecule has 5 nitrogen and oxygen atoms in total. The lowest BCUT2D eigenvalue weighted by Gasteiger charge is -2.16. The molecular formula is C22H34O5S. The quantitative estimate of drug-likeness (QED) is 0.242. The van der Waals surface area contributed by atoms with Crippen LogP contribution in [0.15, 0.2) is 29.2 Å². The average molecular weight is 411 g/mol. The highest BCUT2D eigenvalue weighted by molar-refractivity contribution is 7.99. The summed E-state index contributed by atoms with van der Waals surface area (Å²) in [7, 11) is 0. The van der Waals surface area contributed by atoms with E-state index in [0.717, 1.165) is 36.3 Å². The highest BCUT2D eigenvalue weighted by atomic mass is 32.2. The molecule has 0 aliphatic heterocycles. The molecule has 0 saturated heterocycles. The molecule has 0 amide bonds. The smallest absolute Gasteiger partial charge is 0.344 e. The SMILES string of the molecule is CCC(Oc1ccccc1SCCCCCCCCCCCC(=O)O)C(=O)O. The van der Waals surface area contributed by atoms with Crippen LogP contribution < -0.4 is 4.74 Å². The van der Waals surface area contributed by atoms with Crippen LogP contribution in [0.5, 0.6) is 5.75 Å². The number of aliphatic carboxylic acids is 2. The molecule has 2 N–H and O–H groups in total. The Balaban J connectivity index is 2.12. The Bertz CT molecular complexity index is 576. The molecule has 1 aromatic rings. The number of benzene rings is 1. The molecule has 0 spiro atoms. The van der Waals surface area contributed by atoms with E-state index in [4.69, 9.17) is 14.9 Å². The minimum atomic E-state index is -0.927. The molecule has 0 aromatic heterocycles. The van der Waals surface area contributed by atoms with Gasteiger partial charge in [-0.1, -0.05) is 64.0 Å². The van der Waals surface area contributed by atoms with Crippen LogP contribution in [0.4, 0.5) is 0 Å². The van der Waals surface area contributed by atoms with Gasteiger partial charge in [-0.05, 0) is 37.1 Å². The van der Waals surface area contributed by atoms with Gasteiger partial charge in [-0.25, -0.2) is 4.79 Å². The summed E-state index contributed by atoms with van der Waals surface area (Å²) in [4.78, 5) is 22.6. The molecule has 28 heavy (non-hydrogen) atoms. The molecule has 0 aliphatic carbocycles. The summed E-state index contributed by atoms with van der Waals surface area (Å²) in [5.74, 6) is 0.0346. The number of carbonyl (C=O) groups is 2. The second kappa shape index (κ2) is 15.3. The molecule has 158 valence electrons. The van der Waals surface area contributed by atoms with Gasteiger partial charge in [0.15, 0.2) is 6.10 Å². The number of unbranched alkanes of at least 4 members (excludes halogenated alkanes) is 8. The van der Waals surface area contributed by atoms with Crippen LogP contribution in [0, 0.1) is 0 Å². The van der Waals surface area contributed by atoms with E-state index in [1.807, 2.05) is 31.2 Å². The summed E-state index contributed by atoms with van der Waals surface area (Å²) in [6.07, 6.45) is 10.1. The van der Waals surface area contributed by atoms with Crippen molar-refractivity contribution >= 4 is 23.7 Å². The van der Waals surface area contributed by atoms with Crippen molar-refractivity contribution in [1.82, 2.24) is 0 Å². The van der Waals surface area contributed by atoms with Crippen molar-refractivity contribution < 1.29 is 24.5 Å². The van der Waals surface area contributed by atoms with Crippen LogP contribution in [-0.2, 0) is 9.59 Å². The van der Waals surface area contributed by atoms with E-state index in [-0.39, 0.29) is 0 Å². The summed E-state index contributed by atoms with van der Waals surface area (Å²) < 4.78 is 5.67. The van der Waals surface area contributed by atoms with Crippen molar-refractivity contribution in [3.8, 4) is 5.75 Å². The number of carboxylic acid groups (broad SMARTS) is 2. The van der Waals surface area contributed by atoms with Crippen LogP contribution in [-0.4, -0.2) is 34.0 Å². The fraction of sp³-hybridized carbons (Fsp3) is 0.636. The monoisotopic (exact) mass is 410 g/mol. The molecule has 0 radical (unpaired) electrons. The Morgan fingerprint density at radius 1 is 0.929 bits per heavy atom. The van der Waals surface area contributed by atoms with Gasteiger partial charge >= 0.3 is 11.9 Å². The molecule has 1 rings (SSSR count). The Hall–Kier alpha value is -1.69. The van der Waals surface area contributed by atoms with Gasteiger partial charge in [0, 0.05) is 11.3 Å². The summed E-state index contributed by atoms with van der Waals surface area (Å²) in [6.45, 7) is 1.81. The first-order valence-electron chi connectivity index (χ1n) is 10.4. The summed E-state index contributed by atoms with van der Waals surface area (Å²) in [5.41, 5.74) is 0. The first-order valence-corrected chi connectivity index (χ1v) is 11.4. The summed E-state index contributed by atoms with van der Waals surface area (Å²) >= 11 is 1.73. The van der Waals surface area contributed by atoms with E-state index in [0.29, 0.717) is 18.6 Å². The van der Waals surface area contributed by atoms with Gasteiger partial charge in [-0.3, -0.25) is 4.79 Å². The van der Waals surface area contributed by atoms with Crippen molar-refractivity contribution in [2.24, 2.45) is 0 Å². The zero-order chi connectivity index (χ0) is 20.6. The van der Waals surface area contributed by atoms with Crippen LogP contribution in [0.2, 0.25) is 0 Å². The molecular weight excluding hydrogens is 376 g/mol. The van der Waals surface area contributed by atoms with Crippen molar-refractivity contribution in [3.63, 3.8) is 0 Å². The number of carboxylic acids is 2. The third-order valence-corrected chi connectivity index (χ3v) is 5.70. The Morgan fingerprint density at radius 2 is 1.50 bits per heavy atom. The molecule has 6 heteroatoms. The van der Waals surface area contributed by atoms with E-state index in [9.17, 15) is 9.59 Å². The molecule has 0 saturated carbocycles. The van der Waals surface area contributed by atoms with E-state index < -0.39 is 18.0 Å². The fourth-order valence-corrected chi connectivity index (χ4v) is 3.93. The maximum atomic E-state index is 11.2. The lowest BCUT2D eigenvalue weighted by Crippen LogP contribution is -2.26. The van der Waals surface area contributed by atoms with E-state index in [1.165, 1.54) is 32.1 Å². The van der Waals surface area contributed by atoms with Gasteiger partial charge < -0.3 is 14.9 Å². The number of ether oxygens (including phenoxy) is 1. The normalized spacial score (nSPS) is 11.9. The van der Waals surface area contributed by atoms with Gasteiger partial charge in [0.25, 0.3) is 0 Å². The number of hydrogen-bond acceptors (Lipinski definition) is 4. The second-order valence-electron chi connectivity index (χ2n) is 6.97. The minimum absolute atomic E-state index is 0.293. The second-order valence-corrected chi connectivity index (χ2v) is 8.11. The first kappa shape index (κ1) is 24.3. The predicted octanol–water partition coefficient (Wildman–Crippen LogP) is 6.01. The molecule has 1 aromatic carbocycles. The standard InChI is InChI=1S/C22H34O5S/c1-2-18(22(25)26)27-19-14-11-12-15-20(19)28-17-13-9-7-5-3-4-6-8-10-16-21(23)24/h11-12,14-15,18H,2-10,13,16-17H2,1H3,(H,23,24)(H,25,26). The van der Waals surface area contributed by atoms with E-state index in [2.05, 4.69) is 0 Å². The molecule has 0 aliphatic rings. The van der Waals surface area contributed by atoms with Crippen molar-refractivity contribution in [2.45, 2.75) is 88.6 Å². The van der Waals surface area contributed by atoms with Crippen molar-refractivity contribution in [1.29, 1.82) is 0 Å². The molecule has 0 fully saturated rings. The lowest BCUT2D eigenvalue weighted by atomic mass is 10.1. The highest BCUT2D eigenvalue weighted by Gasteiger charge is 2.18. The zero-order valence-corrected chi connectivity index (χ0v) is 17.7. The van der Waals surface area contributed by atoms with Gasteiger partial charge in [0.2, 0.25) is 0 Å². The first-order chi connectivity index (χ1) is 13.5. The number of para-hydroxylation sites is 1. The van der Waals surface area contributed by atoms with Crippen LogP contribution in [0.1, 0.15) is 77.6 Å². The molecule has 1 atom stereocenters. The number of thioether (sulfide) groups is 1. The third kappa shape index (κ3) is 11.2. The third-order valence-electron chi connectivity index (χ3n) is 4.56. The maximum Gasteiger partial charge on any atom is 0.344 e. The van der Waals surface area contributed by atoms with Crippen LogP contribution in [0.25, 0.3) is 0 Å². The topological polar surface area (TPSA) is 83.8 Å². The molecule has 0 heterocycles. The number of hydrogen-bond donors (Lipinski definition) is 2. The highest BCUT2D eigenvalue weighted by Crippen LogP contribution is 2.31. The van der Waals surface area contributed by atoms with Crippen LogP contribution >= 0.6 is 11.8 Å². The molecule has 1 unspecified atom stereocenters. The summed E-state index contributed by atoms with van der Waals surface area (Å²) in [6, 6.07) is 7.65. The fourth-order valence-electron chi connectivity index (χ4n) is 2.93. The van der Waals surface area contributed by atoms with Crippen molar-refractivity contribution in [2.75, 3.05) is 5.75 Å². The Labute approximate surface area is 172 Å². The maximum absolute atomic E-state index is 11.2. The largest absolute Gasteiger partial charge is 0.481 e. The predicted molar refractivity (Wildman–Crippen MR) is 113 cm³/mol. The zero-order valence-electron chi connectivity index (χ0n) is 16.9. The van der Waals surface area contributed by atoms with Gasteiger partial charge in [0.1, 0.15) is 5.75 Å². The van der Waals surface area contributed by atoms with Gasteiger partial charge in [0.05, 0.1) is 0 Å². The summed E-state index contributed by atoms with van der Waals surface area (Å²) in [5, 5.41) is 17.8. The van der Waals surface area contributed by atoms with Gasteiger partial charge in [-0.2, -0.15) is 0 Å². The minimum Gasteiger partial charge on any atom is -0.481 e. The number of rotatable bonds is 17. The van der Waals surface area contributed by atoms with Crippen molar-refractivity contribution in [3.05, 3.63) is 24.3 Å². The van der Waals surface area contributed by atoms with E-state index >= 15 is 0 Å². The lowest BCUT2D eigenvalue weighted by molar-refractivity contribution is -0.145. The average Bonchev–Trinajstić information content (AvgIpc) is 2.67. The van der Waals surface area contributed by atoms with E-state index in [1.54, 1.807) is 11.8 Å². The van der Waals surface area contributed by atoms with Gasteiger partial charge in [-0.15, -0.1) is 11.8 Å². The Morgan fingerprint density at radius 3 is 2.07 bits per heavy atom. The van der Waals surface area contributed by atoms with Crippen LogP contribution in [0.3, 0.4) is 0 Å². The molecule has 0 bridgehead atoms.